The molecule has 4 aromatic rings. The molecule has 4 aromatic carbocycles. The molecule has 0 aliphatic heterocycles. The maximum atomic E-state index is 2.80. The Bertz CT molecular complexity index is 1540. The first-order valence-corrected chi connectivity index (χ1v) is 26.6. The summed E-state index contributed by atoms with van der Waals surface area (Å²) in [5, 5.41) is 0. The van der Waals surface area contributed by atoms with Crippen molar-refractivity contribution in [2.24, 2.45) is 0 Å². The number of hydrogen-bond acceptors (Lipinski definition) is 0. The van der Waals surface area contributed by atoms with Gasteiger partial charge in [0, 0.05) is 0 Å². The number of rotatable bonds is 5. The van der Waals surface area contributed by atoms with E-state index in [0.29, 0.717) is 0 Å². The Morgan fingerprint density at radius 2 is 1.03 bits per heavy atom. The Morgan fingerprint density at radius 3 is 1.49 bits per heavy atom. The van der Waals surface area contributed by atoms with Gasteiger partial charge in [-0.1, -0.05) is 0 Å². The standard InChI is InChI=1S/2C9H7.2C6H5.C5H5.CH3.Hf/c2*1-2-5-9-7-3-6-8(9)4-1;2*1-2-4-6-5-3-1;1-2-4-5-3-1;;/h2*1-7H;2*1-5H;1-3H,4H2;1H3;. The summed E-state index contributed by atoms with van der Waals surface area (Å²) in [7, 11) is 0. The average Bonchev–Trinajstić information content (AvgIpc) is 3.75. The molecule has 0 amide bonds. The van der Waals surface area contributed by atoms with Crippen LogP contribution < -0.4 is 6.64 Å². The summed E-state index contributed by atoms with van der Waals surface area (Å²) in [6, 6.07) is 41.6. The molecule has 0 heterocycles. The third-order valence-corrected chi connectivity index (χ3v) is 52.1. The molecule has 0 fully saturated rings. The van der Waals surface area contributed by atoms with Gasteiger partial charge in [-0.3, -0.25) is 0 Å². The first-order valence-electron chi connectivity index (χ1n) is 13.5. The molecule has 0 bridgehead atoms. The zero-order chi connectivity index (χ0) is 25.0. The van der Waals surface area contributed by atoms with Gasteiger partial charge >= 0.3 is 219 Å². The fourth-order valence-corrected chi connectivity index (χ4v) is 49.8. The van der Waals surface area contributed by atoms with Crippen LogP contribution in [0.1, 0.15) is 36.0 Å². The maximum absolute atomic E-state index is 5.44. The van der Waals surface area contributed by atoms with E-state index in [1.807, 2.05) is 0 Å². The Balaban J connectivity index is 1.78. The summed E-state index contributed by atoms with van der Waals surface area (Å²) in [4.78, 5) is 0. The average molecular weight is 643 g/mol. The Labute approximate surface area is 218 Å². The molecule has 0 N–H and O–H groups in total. The second-order valence-electron chi connectivity index (χ2n) is 11.7. The van der Waals surface area contributed by atoms with Crippen molar-refractivity contribution in [3.63, 3.8) is 0 Å². The van der Waals surface area contributed by atoms with Crippen molar-refractivity contribution < 1.29 is 17.0 Å². The van der Waals surface area contributed by atoms with Crippen LogP contribution in [0.4, 0.5) is 0 Å². The first kappa shape index (κ1) is 22.9. The molecule has 3 aliphatic rings. The van der Waals surface area contributed by atoms with Crippen LogP contribution in [0.2, 0.25) is 4.68 Å². The van der Waals surface area contributed by atoms with Gasteiger partial charge in [-0.2, -0.15) is 0 Å². The van der Waals surface area contributed by atoms with E-state index >= 15 is 0 Å². The third kappa shape index (κ3) is 2.56. The molecule has 2 unspecified atom stereocenters. The van der Waals surface area contributed by atoms with Crippen LogP contribution in [-0.2, 0) is 17.0 Å². The van der Waals surface area contributed by atoms with Crippen LogP contribution in [0, 0.1) is 0 Å². The minimum absolute atomic E-state index is 0.281. The van der Waals surface area contributed by atoms with Crippen LogP contribution in [0.5, 0.6) is 0 Å². The van der Waals surface area contributed by atoms with E-state index in [9.17, 15) is 0 Å². The summed E-state index contributed by atoms with van der Waals surface area (Å²) in [5.74, 6) is 0. The fraction of sp³-hybridized carbons (Fsp3) is 0.111. The van der Waals surface area contributed by atoms with Gasteiger partial charge in [-0.05, 0) is 0 Å². The van der Waals surface area contributed by atoms with Crippen LogP contribution in [0.15, 0.2) is 143 Å². The molecule has 180 valence electrons. The Morgan fingerprint density at radius 1 is 0.568 bits per heavy atom. The monoisotopic (exact) mass is 644 g/mol. The van der Waals surface area contributed by atoms with E-state index in [1.54, 1.807) is 3.33 Å². The van der Waals surface area contributed by atoms with E-state index in [0.717, 1.165) is 6.42 Å². The Kier molecular flexibility index (Phi) is 4.86. The molecule has 37 heavy (non-hydrogen) atoms. The van der Waals surface area contributed by atoms with Crippen LogP contribution in [-0.4, -0.2) is 0 Å². The summed E-state index contributed by atoms with van der Waals surface area (Å²) in [5.41, 5.74) is 5.68. The molecule has 7 rings (SSSR count). The first-order chi connectivity index (χ1) is 18.1. The number of hydrogen-bond donors (Lipinski definition) is 0. The van der Waals surface area contributed by atoms with Crippen molar-refractivity contribution in [2.45, 2.75) is 18.5 Å². The predicted octanol–water partition coefficient (Wildman–Crippen LogP) is 8.29. The van der Waals surface area contributed by atoms with Gasteiger partial charge in [0.15, 0.2) is 0 Å². The molecule has 2 atom stereocenters. The van der Waals surface area contributed by atoms with E-state index in [-0.39, 0.29) is 7.35 Å². The molecule has 0 saturated heterocycles. The van der Waals surface area contributed by atoms with Crippen LogP contribution in [0.3, 0.4) is 0 Å². The Hall–Kier alpha value is -3.29. The van der Waals surface area contributed by atoms with Crippen molar-refractivity contribution in [2.75, 3.05) is 0 Å². The van der Waals surface area contributed by atoms with Gasteiger partial charge in [0.25, 0.3) is 0 Å². The van der Waals surface area contributed by atoms with Crippen molar-refractivity contribution >= 4 is 18.8 Å². The van der Waals surface area contributed by atoms with E-state index < -0.39 is 17.0 Å². The molecule has 1 heteroatoms. The SMILES string of the molecule is [CH3][Hf]([C]1=CC=CC1)([c]1ccccc1)([c]1ccccc1)([CH]1C=Cc2ccccc21)[CH]1C=Cc2ccccc21. The van der Waals surface area contributed by atoms with E-state index in [4.69, 9.17) is 0 Å². The number of benzene rings is 4. The third-order valence-electron chi connectivity index (χ3n) is 10.7. The molecular formula is C36H32Hf. The van der Waals surface area contributed by atoms with Gasteiger partial charge in [0.05, 0.1) is 0 Å². The summed E-state index contributed by atoms with van der Waals surface area (Å²) in [6.07, 6.45) is 18.2. The molecule has 0 spiro atoms. The van der Waals surface area contributed by atoms with Crippen LogP contribution >= 0.6 is 0 Å². The molecule has 0 nitrogen and oxygen atoms in total. The van der Waals surface area contributed by atoms with Gasteiger partial charge in [-0.25, -0.2) is 0 Å². The minimum atomic E-state index is -5.44. The summed E-state index contributed by atoms with van der Waals surface area (Å²) >= 11 is -5.44. The molecule has 0 saturated carbocycles. The summed E-state index contributed by atoms with van der Waals surface area (Å²) < 4.78 is 8.08. The van der Waals surface area contributed by atoms with Crippen molar-refractivity contribution in [3.05, 3.63) is 165 Å². The van der Waals surface area contributed by atoms with E-state index in [1.165, 1.54) is 28.9 Å². The summed E-state index contributed by atoms with van der Waals surface area (Å²) in [6.45, 7) is 0. The molecule has 3 aliphatic carbocycles. The second kappa shape index (κ2) is 7.85. The second-order valence-corrected chi connectivity index (χ2v) is 42.3. The molecule has 0 radical (unpaired) electrons. The fourth-order valence-electron chi connectivity index (χ4n) is 8.86. The predicted molar refractivity (Wildman–Crippen MR) is 156 cm³/mol. The molecule has 0 aromatic heterocycles. The van der Waals surface area contributed by atoms with Gasteiger partial charge in [0.2, 0.25) is 0 Å². The van der Waals surface area contributed by atoms with Gasteiger partial charge in [-0.15, -0.1) is 0 Å². The zero-order valence-electron chi connectivity index (χ0n) is 21.3. The quantitative estimate of drug-likeness (QED) is 0.192. The van der Waals surface area contributed by atoms with Crippen LogP contribution in [0.25, 0.3) is 12.2 Å². The topological polar surface area (TPSA) is 0 Å². The van der Waals surface area contributed by atoms with Crippen molar-refractivity contribution in [1.29, 1.82) is 0 Å². The zero-order valence-corrected chi connectivity index (χ0v) is 24.9. The number of allylic oxidation sites excluding steroid dienone is 6. The van der Waals surface area contributed by atoms with Gasteiger partial charge < -0.3 is 0 Å². The van der Waals surface area contributed by atoms with Crippen molar-refractivity contribution in [3.8, 4) is 0 Å². The normalized spacial score (nSPS) is 21.3. The van der Waals surface area contributed by atoms with E-state index in [2.05, 4.69) is 156 Å². The number of fused-ring (bicyclic) bond motifs is 2. The van der Waals surface area contributed by atoms with Gasteiger partial charge in [0.1, 0.15) is 0 Å². The molecular weight excluding hydrogens is 611 g/mol. The van der Waals surface area contributed by atoms with Crippen molar-refractivity contribution in [1.82, 2.24) is 0 Å².